The highest BCUT2D eigenvalue weighted by molar-refractivity contribution is 6.74. The minimum atomic E-state index is -1.61. The molecule has 2 aliphatic heterocycles. The van der Waals surface area contributed by atoms with E-state index in [0.717, 1.165) is 12.0 Å². The minimum Gasteiger partial charge on any atom is -0.412 e. The minimum absolute atomic E-state index is 0.324. The average Bonchev–Trinajstić information content (AvgIpc) is 2.31. The lowest BCUT2D eigenvalue weighted by Gasteiger charge is -2.49. The molecule has 0 spiro atoms. The van der Waals surface area contributed by atoms with Gasteiger partial charge in [0, 0.05) is 12.1 Å². The molecule has 0 radical (unpaired) electrons. The van der Waals surface area contributed by atoms with Gasteiger partial charge in [0.15, 0.2) is 8.32 Å². The number of piperidine rings is 2. The Morgan fingerprint density at radius 3 is 2.26 bits per heavy atom. The fourth-order valence-electron chi connectivity index (χ4n) is 3.43. The molecule has 0 aromatic rings. The van der Waals surface area contributed by atoms with Gasteiger partial charge in [-0.3, -0.25) is 0 Å². The molecule has 0 saturated carbocycles. The molecule has 0 aromatic carbocycles. The van der Waals surface area contributed by atoms with Crippen LogP contribution in [-0.2, 0) is 4.43 Å². The summed E-state index contributed by atoms with van der Waals surface area (Å²) < 4.78 is 6.67. The van der Waals surface area contributed by atoms with Crippen LogP contribution in [-0.4, -0.2) is 26.5 Å². The Labute approximate surface area is 120 Å². The smallest absolute Gasteiger partial charge is 0.192 e. The molecule has 2 nitrogen and oxygen atoms in total. The van der Waals surface area contributed by atoms with Gasteiger partial charge < -0.3 is 9.74 Å². The first-order valence-electron chi connectivity index (χ1n) is 8.18. The molecule has 0 aliphatic carbocycles. The van der Waals surface area contributed by atoms with Crippen LogP contribution < -0.4 is 5.32 Å². The molecule has 2 rings (SSSR count). The van der Waals surface area contributed by atoms with Gasteiger partial charge in [-0.15, -0.1) is 0 Å². The third-order valence-electron chi connectivity index (χ3n) is 5.83. The van der Waals surface area contributed by atoms with Crippen molar-refractivity contribution in [2.24, 2.45) is 5.92 Å². The summed E-state index contributed by atoms with van der Waals surface area (Å²) in [6.45, 7) is 14.1. The van der Waals surface area contributed by atoms with Gasteiger partial charge in [0.1, 0.15) is 0 Å². The summed E-state index contributed by atoms with van der Waals surface area (Å²) in [4.78, 5) is 0. The van der Waals surface area contributed by atoms with Crippen molar-refractivity contribution in [3.63, 3.8) is 0 Å². The number of rotatable bonds is 3. The fourth-order valence-corrected chi connectivity index (χ4v) is 4.82. The third kappa shape index (κ3) is 3.25. The molecule has 2 fully saturated rings. The third-order valence-corrected chi connectivity index (χ3v) is 10.3. The highest BCUT2D eigenvalue weighted by Gasteiger charge is 2.44. The maximum Gasteiger partial charge on any atom is 0.192 e. The first kappa shape index (κ1) is 15.5. The van der Waals surface area contributed by atoms with E-state index < -0.39 is 8.32 Å². The van der Waals surface area contributed by atoms with E-state index >= 15 is 0 Å². The molecule has 2 heterocycles. The van der Waals surface area contributed by atoms with Crippen LogP contribution in [0.5, 0.6) is 0 Å². The zero-order valence-electron chi connectivity index (χ0n) is 13.8. The van der Waals surface area contributed by atoms with Crippen LogP contribution >= 0.6 is 0 Å². The Bertz CT molecular complexity index is 310. The Hall–Kier alpha value is 0.137. The van der Waals surface area contributed by atoms with Crippen LogP contribution in [0.4, 0.5) is 0 Å². The van der Waals surface area contributed by atoms with E-state index in [1.807, 2.05) is 0 Å². The topological polar surface area (TPSA) is 21.3 Å². The van der Waals surface area contributed by atoms with Gasteiger partial charge in [-0.2, -0.15) is 0 Å². The maximum atomic E-state index is 6.67. The predicted molar refractivity (Wildman–Crippen MR) is 85.0 cm³/mol. The summed E-state index contributed by atoms with van der Waals surface area (Å²) in [6, 6.07) is 1.39. The molecule has 0 amide bonds. The summed E-state index contributed by atoms with van der Waals surface area (Å²) >= 11 is 0. The summed E-state index contributed by atoms with van der Waals surface area (Å²) in [6.07, 6.45) is 7.09. The second-order valence-corrected chi connectivity index (χ2v) is 12.9. The summed E-state index contributed by atoms with van der Waals surface area (Å²) in [5.41, 5.74) is 0. The van der Waals surface area contributed by atoms with E-state index in [1.165, 1.54) is 32.1 Å². The van der Waals surface area contributed by atoms with Crippen LogP contribution in [0.15, 0.2) is 0 Å². The largest absolute Gasteiger partial charge is 0.412 e. The second kappa shape index (κ2) is 5.49. The van der Waals surface area contributed by atoms with Crippen LogP contribution in [0, 0.1) is 5.92 Å². The quantitative estimate of drug-likeness (QED) is 0.779. The van der Waals surface area contributed by atoms with E-state index in [-0.39, 0.29) is 0 Å². The van der Waals surface area contributed by atoms with Crippen molar-refractivity contribution < 1.29 is 4.43 Å². The van der Waals surface area contributed by atoms with Crippen molar-refractivity contribution in [1.82, 2.24) is 5.32 Å². The van der Waals surface area contributed by atoms with E-state index in [4.69, 9.17) is 4.43 Å². The maximum absolute atomic E-state index is 6.67. The van der Waals surface area contributed by atoms with E-state index in [0.29, 0.717) is 17.2 Å². The highest BCUT2D eigenvalue weighted by atomic mass is 28.4. The molecule has 4 atom stereocenters. The van der Waals surface area contributed by atoms with Crippen molar-refractivity contribution >= 4 is 8.32 Å². The Kier molecular flexibility index (Phi) is 4.49. The van der Waals surface area contributed by atoms with Gasteiger partial charge in [0.2, 0.25) is 0 Å². The number of hydrogen-bond donors (Lipinski definition) is 1. The molecular formula is C16H33NOSi. The fraction of sp³-hybridized carbons (Fsp3) is 1.00. The standard InChI is InChI=1S/C16H33NOSi/c1-7-12-8-9-14-15(11-10-13(12)17-14)18-19(5,6)16(2,3)4/h12-15,17H,7-11H2,1-6H3/t12-,13-,14-,15-/m1/s1. The van der Waals surface area contributed by atoms with Crippen molar-refractivity contribution in [3.8, 4) is 0 Å². The molecule has 112 valence electrons. The first-order chi connectivity index (χ1) is 8.74. The Balaban J connectivity index is 1.98. The SMILES string of the molecule is CC[C@@H]1CC[C@H]2N[C@@H]1CC[C@H]2O[Si](C)(C)C(C)(C)C. The van der Waals surface area contributed by atoms with Crippen molar-refractivity contribution in [1.29, 1.82) is 0 Å². The number of fused-ring (bicyclic) bond motifs is 2. The summed E-state index contributed by atoms with van der Waals surface area (Å²) in [5, 5.41) is 4.20. The van der Waals surface area contributed by atoms with Crippen molar-refractivity contribution in [2.45, 2.75) is 96.1 Å². The molecule has 2 aliphatic rings. The van der Waals surface area contributed by atoms with Gasteiger partial charge in [-0.05, 0) is 49.7 Å². The van der Waals surface area contributed by atoms with E-state index in [1.54, 1.807) is 0 Å². The molecule has 3 heteroatoms. The Morgan fingerprint density at radius 2 is 1.68 bits per heavy atom. The normalized spacial score (nSPS) is 36.3. The molecule has 0 aromatic heterocycles. The van der Waals surface area contributed by atoms with Gasteiger partial charge >= 0.3 is 0 Å². The second-order valence-electron chi connectivity index (χ2n) is 8.12. The molecule has 1 N–H and O–H groups in total. The monoisotopic (exact) mass is 283 g/mol. The van der Waals surface area contributed by atoms with Crippen LogP contribution in [0.2, 0.25) is 18.1 Å². The van der Waals surface area contributed by atoms with Crippen LogP contribution in [0.25, 0.3) is 0 Å². The van der Waals surface area contributed by atoms with Crippen molar-refractivity contribution in [3.05, 3.63) is 0 Å². The van der Waals surface area contributed by atoms with Gasteiger partial charge in [0.25, 0.3) is 0 Å². The highest BCUT2D eigenvalue weighted by Crippen LogP contribution is 2.40. The molecule has 19 heavy (non-hydrogen) atoms. The zero-order chi connectivity index (χ0) is 14.3. The molecule has 2 bridgehead atoms. The summed E-state index contributed by atoms with van der Waals surface area (Å²) in [7, 11) is -1.61. The number of nitrogens with one attached hydrogen (secondary N) is 1. The van der Waals surface area contributed by atoms with Crippen LogP contribution in [0.1, 0.15) is 59.8 Å². The molecule has 2 saturated heterocycles. The van der Waals surface area contributed by atoms with Gasteiger partial charge in [-0.1, -0.05) is 34.1 Å². The number of hydrogen-bond acceptors (Lipinski definition) is 2. The van der Waals surface area contributed by atoms with Gasteiger partial charge in [-0.25, -0.2) is 0 Å². The Morgan fingerprint density at radius 1 is 1.05 bits per heavy atom. The predicted octanol–water partition coefficient (Wildman–Crippen LogP) is 4.32. The lowest BCUT2D eigenvalue weighted by Crippen LogP contribution is -2.59. The van der Waals surface area contributed by atoms with Crippen LogP contribution in [0.3, 0.4) is 0 Å². The average molecular weight is 284 g/mol. The van der Waals surface area contributed by atoms with E-state index in [2.05, 4.69) is 46.1 Å². The zero-order valence-corrected chi connectivity index (χ0v) is 14.8. The lowest BCUT2D eigenvalue weighted by atomic mass is 9.77. The van der Waals surface area contributed by atoms with Gasteiger partial charge in [0.05, 0.1) is 6.10 Å². The molecule has 0 unspecified atom stereocenters. The lowest BCUT2D eigenvalue weighted by molar-refractivity contribution is 0.0431. The summed E-state index contributed by atoms with van der Waals surface area (Å²) in [5.74, 6) is 0.907. The van der Waals surface area contributed by atoms with E-state index in [9.17, 15) is 0 Å². The molecular weight excluding hydrogens is 250 g/mol. The van der Waals surface area contributed by atoms with Crippen molar-refractivity contribution in [2.75, 3.05) is 0 Å². The first-order valence-corrected chi connectivity index (χ1v) is 11.1.